The van der Waals surface area contributed by atoms with Crippen molar-refractivity contribution in [2.75, 3.05) is 18.1 Å². The number of benzene rings is 1. The van der Waals surface area contributed by atoms with Gasteiger partial charge >= 0.3 is 0 Å². The van der Waals surface area contributed by atoms with Crippen molar-refractivity contribution in [3.8, 4) is 0 Å². The number of thiocarbonyl (C=S) groups is 1. The second kappa shape index (κ2) is 5.55. The van der Waals surface area contributed by atoms with Gasteiger partial charge < -0.3 is 15.4 Å². The Morgan fingerprint density at radius 3 is 2.83 bits per heavy atom. The Bertz CT molecular complexity index is 466. The highest BCUT2D eigenvalue weighted by Gasteiger charge is 2.25. The molecule has 2 atom stereocenters. The van der Waals surface area contributed by atoms with Gasteiger partial charge in [-0.25, -0.2) is 0 Å². The average molecular weight is 329 g/mol. The van der Waals surface area contributed by atoms with Gasteiger partial charge in [0, 0.05) is 22.6 Å². The van der Waals surface area contributed by atoms with Crippen molar-refractivity contribution in [3.05, 3.63) is 28.2 Å². The molecule has 1 fully saturated rings. The second-order valence-corrected chi connectivity index (χ2v) is 5.97. The fraction of sp³-hybridized carbons (Fsp3) is 0.462. The Balaban J connectivity index is 2.30. The SMILES string of the molecule is CC1CN(c2ccc(C(N)=S)cc2Br)C(C)CO1. The van der Waals surface area contributed by atoms with Gasteiger partial charge in [0.15, 0.2) is 0 Å². The van der Waals surface area contributed by atoms with E-state index >= 15 is 0 Å². The monoisotopic (exact) mass is 328 g/mol. The molecule has 1 heterocycles. The fourth-order valence-electron chi connectivity index (χ4n) is 2.13. The van der Waals surface area contributed by atoms with E-state index in [1.54, 1.807) is 0 Å². The number of ether oxygens (including phenoxy) is 1. The first-order chi connectivity index (χ1) is 8.49. The third-order valence-corrected chi connectivity index (χ3v) is 4.02. The number of halogens is 1. The van der Waals surface area contributed by atoms with Crippen LogP contribution in [0.3, 0.4) is 0 Å². The van der Waals surface area contributed by atoms with E-state index in [2.05, 4.69) is 40.7 Å². The summed E-state index contributed by atoms with van der Waals surface area (Å²) in [5.41, 5.74) is 7.69. The van der Waals surface area contributed by atoms with Gasteiger partial charge in [-0.3, -0.25) is 0 Å². The summed E-state index contributed by atoms with van der Waals surface area (Å²) in [6.45, 7) is 5.91. The van der Waals surface area contributed by atoms with Crippen molar-refractivity contribution in [2.24, 2.45) is 5.73 Å². The molecule has 0 aliphatic carbocycles. The van der Waals surface area contributed by atoms with Crippen LogP contribution in [0.15, 0.2) is 22.7 Å². The lowest BCUT2D eigenvalue weighted by molar-refractivity contribution is 0.0343. The zero-order chi connectivity index (χ0) is 13.3. The Morgan fingerprint density at radius 2 is 2.22 bits per heavy atom. The second-order valence-electron chi connectivity index (χ2n) is 4.68. The van der Waals surface area contributed by atoms with Crippen molar-refractivity contribution in [1.82, 2.24) is 0 Å². The quantitative estimate of drug-likeness (QED) is 0.847. The number of hydrogen-bond acceptors (Lipinski definition) is 3. The lowest BCUT2D eigenvalue weighted by Crippen LogP contribution is -2.47. The van der Waals surface area contributed by atoms with Crippen molar-refractivity contribution in [3.63, 3.8) is 0 Å². The van der Waals surface area contributed by atoms with E-state index in [9.17, 15) is 0 Å². The van der Waals surface area contributed by atoms with E-state index in [0.717, 1.165) is 28.9 Å². The molecule has 2 unspecified atom stereocenters. The van der Waals surface area contributed by atoms with Gasteiger partial charge in [-0.1, -0.05) is 12.2 Å². The molecule has 0 aromatic heterocycles. The summed E-state index contributed by atoms with van der Waals surface area (Å²) in [4.78, 5) is 2.77. The Morgan fingerprint density at radius 1 is 1.50 bits per heavy atom. The molecule has 1 aromatic rings. The number of anilines is 1. The number of rotatable bonds is 2. The maximum Gasteiger partial charge on any atom is 0.104 e. The van der Waals surface area contributed by atoms with E-state index in [-0.39, 0.29) is 6.10 Å². The number of morpholine rings is 1. The van der Waals surface area contributed by atoms with Crippen LogP contribution < -0.4 is 10.6 Å². The van der Waals surface area contributed by atoms with Crippen molar-refractivity contribution in [2.45, 2.75) is 26.0 Å². The molecule has 18 heavy (non-hydrogen) atoms. The van der Waals surface area contributed by atoms with Crippen LogP contribution in [0, 0.1) is 0 Å². The highest BCUT2D eigenvalue weighted by atomic mass is 79.9. The van der Waals surface area contributed by atoms with E-state index in [0.29, 0.717) is 11.0 Å². The third-order valence-electron chi connectivity index (χ3n) is 3.15. The summed E-state index contributed by atoms with van der Waals surface area (Å²) in [5.74, 6) is 0. The summed E-state index contributed by atoms with van der Waals surface area (Å²) in [7, 11) is 0. The predicted molar refractivity (Wildman–Crippen MR) is 82.3 cm³/mol. The molecule has 5 heteroatoms. The number of hydrogen-bond donors (Lipinski definition) is 1. The normalized spacial score (nSPS) is 24.1. The highest BCUT2D eigenvalue weighted by Crippen LogP contribution is 2.30. The van der Waals surface area contributed by atoms with Crippen LogP contribution in [0.25, 0.3) is 0 Å². The van der Waals surface area contributed by atoms with Crippen LogP contribution in [0.1, 0.15) is 19.4 Å². The molecule has 2 N–H and O–H groups in total. The zero-order valence-corrected chi connectivity index (χ0v) is 12.9. The molecule has 98 valence electrons. The molecule has 3 nitrogen and oxygen atoms in total. The summed E-state index contributed by atoms with van der Waals surface area (Å²) in [6.07, 6.45) is 0.253. The van der Waals surface area contributed by atoms with E-state index in [1.165, 1.54) is 0 Å². The number of nitrogens with two attached hydrogens (primary N) is 1. The minimum Gasteiger partial charge on any atom is -0.389 e. The standard InChI is InChI=1S/C13H17BrN2OS/c1-8-7-17-9(2)6-16(8)12-4-3-10(13(15)18)5-11(12)14/h3-5,8-9H,6-7H2,1-2H3,(H2,15,18). The van der Waals surface area contributed by atoms with Crippen LogP contribution in [0.4, 0.5) is 5.69 Å². The lowest BCUT2D eigenvalue weighted by Gasteiger charge is -2.39. The first kappa shape index (κ1) is 13.8. The van der Waals surface area contributed by atoms with Crippen molar-refractivity contribution in [1.29, 1.82) is 0 Å². The molecule has 1 aliphatic rings. The zero-order valence-electron chi connectivity index (χ0n) is 10.5. The Labute approximate surface area is 121 Å². The van der Waals surface area contributed by atoms with Gasteiger partial charge in [0.05, 0.1) is 18.4 Å². The molecule has 0 saturated carbocycles. The molecule has 0 spiro atoms. The van der Waals surface area contributed by atoms with Crippen molar-refractivity contribution >= 4 is 38.8 Å². The Kier molecular flexibility index (Phi) is 4.25. The molecule has 0 radical (unpaired) electrons. The van der Waals surface area contributed by atoms with Gasteiger partial charge in [-0.2, -0.15) is 0 Å². The molecular weight excluding hydrogens is 312 g/mol. The lowest BCUT2D eigenvalue weighted by atomic mass is 10.1. The van der Waals surface area contributed by atoms with E-state index in [1.807, 2.05) is 12.1 Å². The highest BCUT2D eigenvalue weighted by molar-refractivity contribution is 9.10. The molecule has 0 amide bonds. The van der Waals surface area contributed by atoms with Gasteiger partial charge in [0.25, 0.3) is 0 Å². The van der Waals surface area contributed by atoms with Crippen LogP contribution >= 0.6 is 28.1 Å². The summed E-state index contributed by atoms with van der Waals surface area (Å²) >= 11 is 8.59. The summed E-state index contributed by atoms with van der Waals surface area (Å²) < 4.78 is 6.67. The minimum atomic E-state index is 0.253. The largest absolute Gasteiger partial charge is 0.389 e. The van der Waals surface area contributed by atoms with Gasteiger partial charge in [0.1, 0.15) is 4.99 Å². The maximum atomic E-state index is 5.65. The van der Waals surface area contributed by atoms with Crippen LogP contribution in [-0.4, -0.2) is 30.3 Å². The summed E-state index contributed by atoms with van der Waals surface area (Å²) in [6, 6.07) is 6.38. The third kappa shape index (κ3) is 2.84. The molecule has 0 bridgehead atoms. The van der Waals surface area contributed by atoms with Gasteiger partial charge in [-0.15, -0.1) is 0 Å². The number of nitrogens with zero attached hydrogens (tertiary/aromatic N) is 1. The fourth-order valence-corrected chi connectivity index (χ4v) is 2.87. The molecule has 1 aromatic carbocycles. The van der Waals surface area contributed by atoms with E-state index in [4.69, 9.17) is 22.7 Å². The maximum absolute atomic E-state index is 5.65. The van der Waals surface area contributed by atoms with Crippen molar-refractivity contribution < 1.29 is 4.74 Å². The molecule has 1 aliphatic heterocycles. The summed E-state index contributed by atoms with van der Waals surface area (Å²) in [5, 5.41) is 0. The topological polar surface area (TPSA) is 38.5 Å². The van der Waals surface area contributed by atoms with Gasteiger partial charge in [0.2, 0.25) is 0 Å². The first-order valence-corrected chi connectivity index (χ1v) is 7.16. The van der Waals surface area contributed by atoms with Gasteiger partial charge in [-0.05, 0) is 48.0 Å². The first-order valence-electron chi connectivity index (χ1n) is 5.96. The molecule has 2 rings (SSSR count). The van der Waals surface area contributed by atoms with Crippen LogP contribution in [0.2, 0.25) is 0 Å². The van der Waals surface area contributed by atoms with E-state index < -0.39 is 0 Å². The Hall–Kier alpha value is -0.650. The minimum absolute atomic E-state index is 0.253. The smallest absolute Gasteiger partial charge is 0.104 e. The molecular formula is C13H17BrN2OS. The molecule has 1 saturated heterocycles. The van der Waals surface area contributed by atoms with Crippen LogP contribution in [0.5, 0.6) is 0 Å². The average Bonchev–Trinajstić information content (AvgIpc) is 2.32. The van der Waals surface area contributed by atoms with Crippen LogP contribution in [-0.2, 0) is 4.74 Å². The predicted octanol–water partition coefficient (Wildman–Crippen LogP) is 2.70.